The van der Waals surface area contributed by atoms with Crippen molar-refractivity contribution in [2.45, 2.75) is 39.5 Å². The van der Waals surface area contributed by atoms with Crippen LogP contribution in [0.3, 0.4) is 0 Å². The lowest BCUT2D eigenvalue weighted by Crippen LogP contribution is -2.43. The van der Waals surface area contributed by atoms with Crippen molar-refractivity contribution < 1.29 is 0 Å². The average molecular weight is 268 g/mol. The van der Waals surface area contributed by atoms with Gasteiger partial charge < -0.3 is 5.73 Å². The van der Waals surface area contributed by atoms with Gasteiger partial charge in [-0.3, -0.25) is 19.4 Å². The molecule has 2 rings (SSSR count). The lowest BCUT2D eigenvalue weighted by Gasteiger charge is -2.24. The minimum absolute atomic E-state index is 0.102. The molecule has 0 aliphatic carbocycles. The predicted octanol–water partition coefficient (Wildman–Crippen LogP) is -0.126. The number of nitrogen functional groups attached to an aromatic ring is 1. The summed E-state index contributed by atoms with van der Waals surface area (Å²) in [5.74, 6) is 0.790. The zero-order valence-corrected chi connectivity index (χ0v) is 12.2. The molecule has 0 aromatic carbocycles. The zero-order valence-electron chi connectivity index (χ0n) is 12.2. The molecule has 3 N–H and O–H groups in total. The number of rotatable bonds is 4. The van der Waals surface area contributed by atoms with Crippen molar-refractivity contribution in [2.75, 3.05) is 31.4 Å². The Morgan fingerprint density at radius 3 is 2.42 bits per heavy atom. The average Bonchev–Trinajstić information content (AvgIpc) is 2.94. The molecule has 0 amide bonds. The molecule has 0 bridgehead atoms. The van der Waals surface area contributed by atoms with Crippen molar-refractivity contribution in [3.05, 3.63) is 10.4 Å². The second kappa shape index (κ2) is 5.26. The first kappa shape index (κ1) is 14.0. The fraction of sp³-hybridized carbons (Fsp3) is 0.750. The van der Waals surface area contributed by atoms with Crippen LogP contribution in [0.15, 0.2) is 4.79 Å². The standard InChI is InChI=1S/C12H24N6O/c1-5-17-11(10(13)12(19)18(17)6-2)16-8-7-9(14-16)15(3)4/h9,14H,5-8,13H2,1-4H3. The second-order valence-corrected chi connectivity index (χ2v) is 5.02. The van der Waals surface area contributed by atoms with E-state index >= 15 is 0 Å². The van der Waals surface area contributed by atoms with Crippen LogP contribution in [0.2, 0.25) is 0 Å². The number of hydrazine groups is 1. The molecule has 1 fully saturated rings. The molecular formula is C12H24N6O. The van der Waals surface area contributed by atoms with Crippen LogP contribution in [0.4, 0.5) is 11.5 Å². The molecule has 0 saturated carbocycles. The van der Waals surface area contributed by atoms with E-state index in [-0.39, 0.29) is 11.7 Å². The number of hydrogen-bond acceptors (Lipinski definition) is 5. The molecule has 108 valence electrons. The van der Waals surface area contributed by atoms with Gasteiger partial charge >= 0.3 is 0 Å². The third-order valence-electron chi connectivity index (χ3n) is 3.65. The minimum Gasteiger partial charge on any atom is -0.391 e. The van der Waals surface area contributed by atoms with Gasteiger partial charge in [0.1, 0.15) is 5.69 Å². The maximum atomic E-state index is 12.1. The van der Waals surface area contributed by atoms with Gasteiger partial charge in [-0.2, -0.15) is 0 Å². The molecule has 19 heavy (non-hydrogen) atoms. The van der Waals surface area contributed by atoms with Crippen LogP contribution in [0.5, 0.6) is 0 Å². The van der Waals surface area contributed by atoms with Gasteiger partial charge in [0.15, 0.2) is 5.82 Å². The Balaban J connectivity index is 2.38. The van der Waals surface area contributed by atoms with E-state index in [0.29, 0.717) is 12.2 Å². The number of aromatic nitrogens is 2. The number of nitrogens with one attached hydrogen (secondary N) is 1. The summed E-state index contributed by atoms with van der Waals surface area (Å²) < 4.78 is 3.64. The zero-order chi connectivity index (χ0) is 14.2. The molecule has 7 heteroatoms. The highest BCUT2D eigenvalue weighted by Gasteiger charge is 2.29. The minimum atomic E-state index is -0.102. The van der Waals surface area contributed by atoms with E-state index in [2.05, 4.69) is 10.3 Å². The lowest BCUT2D eigenvalue weighted by atomic mass is 10.3. The molecule has 1 aromatic rings. The highest BCUT2D eigenvalue weighted by Crippen LogP contribution is 2.23. The highest BCUT2D eigenvalue weighted by molar-refractivity contribution is 5.62. The molecule has 1 aliphatic rings. The summed E-state index contributed by atoms with van der Waals surface area (Å²) in [6, 6.07) is 0. The summed E-state index contributed by atoms with van der Waals surface area (Å²) in [5.41, 5.74) is 9.63. The van der Waals surface area contributed by atoms with Crippen LogP contribution in [0.25, 0.3) is 0 Å². The topological polar surface area (TPSA) is 71.5 Å². The highest BCUT2D eigenvalue weighted by atomic mass is 16.1. The van der Waals surface area contributed by atoms with E-state index < -0.39 is 0 Å². The molecule has 1 saturated heterocycles. The number of anilines is 2. The Bertz CT molecular complexity index is 503. The maximum Gasteiger partial charge on any atom is 0.292 e. The fourth-order valence-electron chi connectivity index (χ4n) is 2.62. The van der Waals surface area contributed by atoms with Gasteiger partial charge in [0, 0.05) is 19.6 Å². The van der Waals surface area contributed by atoms with Crippen molar-refractivity contribution in [1.29, 1.82) is 0 Å². The third-order valence-corrected chi connectivity index (χ3v) is 3.65. The molecule has 1 aliphatic heterocycles. The molecule has 7 nitrogen and oxygen atoms in total. The Kier molecular flexibility index (Phi) is 3.86. The van der Waals surface area contributed by atoms with Crippen molar-refractivity contribution in [3.8, 4) is 0 Å². The van der Waals surface area contributed by atoms with Crippen LogP contribution < -0.4 is 21.7 Å². The molecule has 2 heterocycles. The van der Waals surface area contributed by atoms with Gasteiger partial charge in [-0.05, 0) is 34.4 Å². The van der Waals surface area contributed by atoms with Crippen LogP contribution in [-0.2, 0) is 13.1 Å². The molecule has 0 spiro atoms. The smallest absolute Gasteiger partial charge is 0.292 e. The van der Waals surface area contributed by atoms with Crippen molar-refractivity contribution >= 4 is 11.5 Å². The molecular weight excluding hydrogens is 244 g/mol. The fourth-order valence-corrected chi connectivity index (χ4v) is 2.62. The van der Waals surface area contributed by atoms with Gasteiger partial charge in [0.2, 0.25) is 0 Å². The van der Waals surface area contributed by atoms with E-state index in [4.69, 9.17) is 5.73 Å². The first-order valence-electron chi connectivity index (χ1n) is 6.80. The Morgan fingerprint density at radius 1 is 1.32 bits per heavy atom. The van der Waals surface area contributed by atoms with Crippen LogP contribution >= 0.6 is 0 Å². The van der Waals surface area contributed by atoms with Gasteiger partial charge in [-0.15, -0.1) is 0 Å². The van der Waals surface area contributed by atoms with Gasteiger partial charge in [-0.25, -0.2) is 10.1 Å². The van der Waals surface area contributed by atoms with Crippen molar-refractivity contribution in [1.82, 2.24) is 19.7 Å². The van der Waals surface area contributed by atoms with E-state index in [9.17, 15) is 4.79 Å². The van der Waals surface area contributed by atoms with E-state index in [1.165, 1.54) is 0 Å². The van der Waals surface area contributed by atoms with Crippen LogP contribution in [-0.4, -0.2) is 41.1 Å². The van der Waals surface area contributed by atoms with Crippen LogP contribution in [0.1, 0.15) is 20.3 Å². The Labute approximate surface area is 113 Å². The maximum absolute atomic E-state index is 12.1. The summed E-state index contributed by atoms with van der Waals surface area (Å²) in [7, 11) is 4.07. The number of nitrogens with zero attached hydrogens (tertiary/aromatic N) is 4. The summed E-state index contributed by atoms with van der Waals surface area (Å²) in [6.45, 7) is 6.17. The molecule has 1 unspecified atom stereocenters. The quantitative estimate of drug-likeness (QED) is 0.796. The van der Waals surface area contributed by atoms with Crippen LogP contribution in [0, 0.1) is 0 Å². The Morgan fingerprint density at radius 2 is 1.95 bits per heavy atom. The summed E-state index contributed by atoms with van der Waals surface area (Å²) >= 11 is 0. The Hall–Kier alpha value is -1.47. The molecule has 0 radical (unpaired) electrons. The summed E-state index contributed by atoms with van der Waals surface area (Å²) in [5, 5.41) is 2.00. The normalized spacial score (nSPS) is 19.6. The van der Waals surface area contributed by atoms with E-state index in [0.717, 1.165) is 25.3 Å². The summed E-state index contributed by atoms with van der Waals surface area (Å²) in [6.07, 6.45) is 1.28. The monoisotopic (exact) mass is 268 g/mol. The van der Waals surface area contributed by atoms with Gasteiger partial charge in [0.05, 0.1) is 6.17 Å². The van der Waals surface area contributed by atoms with E-state index in [1.807, 2.05) is 37.6 Å². The largest absolute Gasteiger partial charge is 0.391 e. The second-order valence-electron chi connectivity index (χ2n) is 5.02. The lowest BCUT2D eigenvalue weighted by molar-refractivity contribution is 0.271. The molecule has 1 atom stereocenters. The number of hydrogen-bond donors (Lipinski definition) is 2. The summed E-state index contributed by atoms with van der Waals surface area (Å²) in [4.78, 5) is 14.3. The van der Waals surface area contributed by atoms with Crippen molar-refractivity contribution in [3.63, 3.8) is 0 Å². The first-order chi connectivity index (χ1) is 9.01. The third kappa shape index (κ3) is 2.23. The van der Waals surface area contributed by atoms with E-state index in [1.54, 1.807) is 4.68 Å². The first-order valence-corrected chi connectivity index (χ1v) is 6.80. The van der Waals surface area contributed by atoms with Gasteiger partial charge in [0.25, 0.3) is 5.56 Å². The predicted molar refractivity (Wildman–Crippen MR) is 77.0 cm³/mol. The number of nitrogens with two attached hydrogens (primary N) is 1. The SMILES string of the molecule is CCn1c(N2CCC(N(C)C)N2)c(N)c(=O)n1CC. The molecule has 1 aromatic heterocycles. The van der Waals surface area contributed by atoms with Crippen molar-refractivity contribution in [2.24, 2.45) is 0 Å². The van der Waals surface area contributed by atoms with Gasteiger partial charge in [-0.1, -0.05) is 0 Å².